The third kappa shape index (κ3) is 5.47. The fourth-order valence-electron chi connectivity index (χ4n) is 2.09. The van der Waals surface area contributed by atoms with Crippen molar-refractivity contribution in [2.24, 2.45) is 0 Å². The SMILES string of the molecule is COc1cc(C)ccc1OCC(=O)OCC(=O)Nc1ccc(C)c(F)c1. The van der Waals surface area contributed by atoms with E-state index < -0.39 is 24.3 Å². The van der Waals surface area contributed by atoms with Gasteiger partial charge >= 0.3 is 5.97 Å². The lowest BCUT2D eigenvalue weighted by Crippen LogP contribution is -2.23. The van der Waals surface area contributed by atoms with Gasteiger partial charge in [-0.3, -0.25) is 4.79 Å². The Hall–Kier alpha value is -3.09. The van der Waals surface area contributed by atoms with Crippen LogP contribution in [0.15, 0.2) is 36.4 Å². The minimum Gasteiger partial charge on any atom is -0.493 e. The number of amides is 1. The average molecular weight is 361 g/mol. The van der Waals surface area contributed by atoms with Crippen LogP contribution >= 0.6 is 0 Å². The molecule has 1 amide bonds. The number of anilines is 1. The second-order valence-electron chi connectivity index (χ2n) is 5.62. The number of esters is 1. The number of ether oxygens (including phenoxy) is 3. The molecule has 2 aromatic rings. The average Bonchev–Trinajstić information content (AvgIpc) is 2.62. The summed E-state index contributed by atoms with van der Waals surface area (Å²) in [7, 11) is 1.50. The minimum absolute atomic E-state index is 0.287. The Morgan fingerprint density at radius 3 is 2.50 bits per heavy atom. The molecule has 0 radical (unpaired) electrons. The third-order valence-corrected chi connectivity index (χ3v) is 3.48. The van der Waals surface area contributed by atoms with Crippen molar-refractivity contribution in [3.05, 3.63) is 53.3 Å². The quantitative estimate of drug-likeness (QED) is 0.768. The van der Waals surface area contributed by atoms with Gasteiger partial charge in [0.15, 0.2) is 24.7 Å². The predicted octanol–water partition coefficient (Wildman–Crippen LogP) is 3.01. The number of halogens is 1. The van der Waals surface area contributed by atoms with E-state index in [1.165, 1.54) is 13.2 Å². The van der Waals surface area contributed by atoms with Crippen molar-refractivity contribution < 1.29 is 28.2 Å². The fourth-order valence-corrected chi connectivity index (χ4v) is 2.09. The van der Waals surface area contributed by atoms with Crippen LogP contribution in [-0.2, 0) is 14.3 Å². The summed E-state index contributed by atoms with van der Waals surface area (Å²) < 4.78 is 28.8. The summed E-state index contributed by atoms with van der Waals surface area (Å²) in [5.74, 6) is -0.820. The van der Waals surface area contributed by atoms with E-state index in [2.05, 4.69) is 5.32 Å². The summed E-state index contributed by atoms with van der Waals surface area (Å²) in [6.45, 7) is 2.65. The lowest BCUT2D eigenvalue weighted by Gasteiger charge is -2.11. The van der Waals surface area contributed by atoms with Crippen LogP contribution in [-0.4, -0.2) is 32.2 Å². The van der Waals surface area contributed by atoms with Crippen LogP contribution in [0, 0.1) is 19.7 Å². The van der Waals surface area contributed by atoms with Crippen molar-refractivity contribution in [2.75, 3.05) is 25.6 Å². The molecule has 0 aliphatic rings. The molecule has 0 spiro atoms. The number of methoxy groups -OCH3 is 1. The molecule has 0 atom stereocenters. The second kappa shape index (κ2) is 8.84. The maximum Gasteiger partial charge on any atom is 0.344 e. The molecule has 0 bridgehead atoms. The van der Waals surface area contributed by atoms with E-state index in [9.17, 15) is 14.0 Å². The van der Waals surface area contributed by atoms with Crippen LogP contribution in [0.3, 0.4) is 0 Å². The molecular formula is C19H20FNO5. The van der Waals surface area contributed by atoms with Gasteiger partial charge in [-0.05, 0) is 49.2 Å². The van der Waals surface area contributed by atoms with E-state index >= 15 is 0 Å². The molecule has 138 valence electrons. The number of hydrogen-bond donors (Lipinski definition) is 1. The van der Waals surface area contributed by atoms with E-state index in [1.807, 2.05) is 13.0 Å². The molecule has 26 heavy (non-hydrogen) atoms. The van der Waals surface area contributed by atoms with E-state index in [1.54, 1.807) is 31.2 Å². The van der Waals surface area contributed by atoms with E-state index in [4.69, 9.17) is 14.2 Å². The summed E-state index contributed by atoms with van der Waals surface area (Å²) in [6.07, 6.45) is 0. The summed E-state index contributed by atoms with van der Waals surface area (Å²) in [6, 6.07) is 9.57. The molecule has 0 aromatic heterocycles. The molecule has 0 saturated heterocycles. The van der Waals surface area contributed by atoms with E-state index in [-0.39, 0.29) is 12.3 Å². The van der Waals surface area contributed by atoms with Crippen molar-refractivity contribution in [1.82, 2.24) is 0 Å². The first-order valence-electron chi connectivity index (χ1n) is 7.88. The van der Waals surface area contributed by atoms with E-state index in [0.29, 0.717) is 17.1 Å². The molecule has 0 aliphatic heterocycles. The lowest BCUT2D eigenvalue weighted by molar-refractivity contribution is -0.149. The molecule has 0 aliphatic carbocycles. The standard InChI is InChI=1S/C19H20FNO5/c1-12-4-7-16(17(8-12)24-3)25-11-19(23)26-10-18(22)21-14-6-5-13(2)15(20)9-14/h4-9H,10-11H2,1-3H3,(H,21,22). The Labute approximate surface area is 150 Å². The molecule has 7 heteroatoms. The van der Waals surface area contributed by atoms with Gasteiger partial charge < -0.3 is 19.5 Å². The molecule has 2 aromatic carbocycles. The zero-order valence-electron chi connectivity index (χ0n) is 14.8. The molecule has 1 N–H and O–H groups in total. The number of carbonyl (C=O) groups excluding carboxylic acids is 2. The number of aryl methyl sites for hydroxylation is 2. The normalized spacial score (nSPS) is 10.2. The van der Waals surface area contributed by atoms with Crippen LogP contribution in [0.25, 0.3) is 0 Å². The zero-order valence-corrected chi connectivity index (χ0v) is 14.8. The molecule has 0 saturated carbocycles. The first-order valence-corrected chi connectivity index (χ1v) is 7.88. The van der Waals surface area contributed by atoms with Gasteiger partial charge in [-0.15, -0.1) is 0 Å². The van der Waals surface area contributed by atoms with Crippen LogP contribution in [0.4, 0.5) is 10.1 Å². The van der Waals surface area contributed by atoms with Gasteiger partial charge in [0.25, 0.3) is 5.91 Å². The largest absolute Gasteiger partial charge is 0.493 e. The summed E-state index contributed by atoms with van der Waals surface area (Å²) in [4.78, 5) is 23.5. The van der Waals surface area contributed by atoms with Gasteiger partial charge in [0, 0.05) is 5.69 Å². The highest BCUT2D eigenvalue weighted by atomic mass is 19.1. The Morgan fingerprint density at radius 2 is 1.81 bits per heavy atom. The fraction of sp³-hybridized carbons (Fsp3) is 0.263. The number of benzene rings is 2. The van der Waals surface area contributed by atoms with Crippen molar-refractivity contribution in [1.29, 1.82) is 0 Å². The highest BCUT2D eigenvalue weighted by Crippen LogP contribution is 2.27. The number of hydrogen-bond acceptors (Lipinski definition) is 5. The summed E-state index contributed by atoms with van der Waals surface area (Å²) in [5.41, 5.74) is 1.74. The van der Waals surface area contributed by atoms with Crippen LogP contribution in [0.2, 0.25) is 0 Å². The molecule has 6 nitrogen and oxygen atoms in total. The second-order valence-corrected chi connectivity index (χ2v) is 5.62. The Bertz CT molecular complexity index is 807. The van der Waals surface area contributed by atoms with E-state index in [0.717, 1.165) is 5.56 Å². The van der Waals surface area contributed by atoms with Gasteiger partial charge in [0.1, 0.15) is 5.82 Å². The van der Waals surface area contributed by atoms with Gasteiger partial charge in [-0.25, -0.2) is 9.18 Å². The molecular weight excluding hydrogens is 341 g/mol. The van der Waals surface area contributed by atoms with Crippen LogP contribution < -0.4 is 14.8 Å². The van der Waals surface area contributed by atoms with Crippen molar-refractivity contribution in [3.8, 4) is 11.5 Å². The topological polar surface area (TPSA) is 73.9 Å². The summed E-state index contributed by atoms with van der Waals surface area (Å²) >= 11 is 0. The van der Waals surface area contributed by atoms with Gasteiger partial charge in [0.05, 0.1) is 7.11 Å². The maximum absolute atomic E-state index is 13.4. The van der Waals surface area contributed by atoms with Crippen molar-refractivity contribution >= 4 is 17.6 Å². The molecule has 0 fully saturated rings. The van der Waals surface area contributed by atoms with Crippen LogP contribution in [0.1, 0.15) is 11.1 Å². The third-order valence-electron chi connectivity index (χ3n) is 3.48. The first-order chi connectivity index (χ1) is 12.4. The lowest BCUT2D eigenvalue weighted by atomic mass is 10.2. The predicted molar refractivity (Wildman–Crippen MR) is 94.0 cm³/mol. The Balaban J connectivity index is 1.79. The Morgan fingerprint density at radius 1 is 1.04 bits per heavy atom. The highest BCUT2D eigenvalue weighted by Gasteiger charge is 2.11. The smallest absolute Gasteiger partial charge is 0.344 e. The highest BCUT2D eigenvalue weighted by molar-refractivity contribution is 5.92. The number of carbonyl (C=O) groups is 2. The van der Waals surface area contributed by atoms with Crippen molar-refractivity contribution in [3.63, 3.8) is 0 Å². The van der Waals surface area contributed by atoms with Crippen molar-refractivity contribution in [2.45, 2.75) is 13.8 Å². The first kappa shape index (κ1) is 19.2. The minimum atomic E-state index is -0.710. The maximum atomic E-state index is 13.4. The van der Waals surface area contributed by atoms with Gasteiger partial charge in [0.2, 0.25) is 0 Å². The summed E-state index contributed by atoms with van der Waals surface area (Å²) in [5, 5.41) is 2.45. The van der Waals surface area contributed by atoms with Crippen LogP contribution in [0.5, 0.6) is 11.5 Å². The monoisotopic (exact) mass is 361 g/mol. The zero-order chi connectivity index (χ0) is 19.1. The number of nitrogens with one attached hydrogen (secondary N) is 1. The molecule has 2 rings (SSSR count). The van der Waals surface area contributed by atoms with Gasteiger partial charge in [-0.2, -0.15) is 0 Å². The van der Waals surface area contributed by atoms with Gasteiger partial charge in [-0.1, -0.05) is 12.1 Å². The Kier molecular flexibility index (Phi) is 6.54. The number of rotatable bonds is 7. The molecule has 0 heterocycles. The molecule has 0 unspecified atom stereocenters.